The zero-order chi connectivity index (χ0) is 24.6. The van der Waals surface area contributed by atoms with Gasteiger partial charge in [-0.2, -0.15) is 13.2 Å². The molecule has 0 N–H and O–H groups in total. The van der Waals surface area contributed by atoms with Gasteiger partial charge in [-0.25, -0.2) is 0 Å². The summed E-state index contributed by atoms with van der Waals surface area (Å²) in [6, 6.07) is 14.8. The number of pyridine rings is 1. The lowest BCUT2D eigenvalue weighted by Gasteiger charge is -2.14. The fourth-order valence-electron chi connectivity index (χ4n) is 3.56. The molecular weight excluding hydrogens is 529 g/mol. The van der Waals surface area contributed by atoms with Crippen molar-refractivity contribution in [3.8, 4) is 22.3 Å². The number of nitrogens with zero attached hydrogens (tertiary/aromatic N) is 1. The molecule has 0 amide bonds. The van der Waals surface area contributed by atoms with Crippen molar-refractivity contribution in [1.82, 2.24) is 4.57 Å². The molecular formula is C25H14Cl4F3NO. The summed E-state index contributed by atoms with van der Waals surface area (Å²) in [5, 5.41) is 1.01. The maximum atomic E-state index is 13.0. The Morgan fingerprint density at radius 1 is 0.735 bits per heavy atom. The summed E-state index contributed by atoms with van der Waals surface area (Å²) in [5.74, 6) is 0. The van der Waals surface area contributed by atoms with Gasteiger partial charge in [0.2, 0.25) is 0 Å². The van der Waals surface area contributed by atoms with Crippen molar-refractivity contribution in [3.63, 3.8) is 0 Å². The minimum Gasteiger partial charge on any atom is -0.349 e. The van der Waals surface area contributed by atoms with E-state index in [1.165, 1.54) is 24.5 Å². The van der Waals surface area contributed by atoms with Gasteiger partial charge >= 0.3 is 6.18 Å². The van der Waals surface area contributed by atoms with Crippen LogP contribution in [-0.4, -0.2) is 4.57 Å². The summed E-state index contributed by atoms with van der Waals surface area (Å²) in [6.45, 7) is 0.124. The van der Waals surface area contributed by atoms with Crippen LogP contribution in [0.25, 0.3) is 22.3 Å². The van der Waals surface area contributed by atoms with Crippen molar-refractivity contribution in [1.29, 1.82) is 0 Å². The van der Waals surface area contributed by atoms with Crippen molar-refractivity contribution < 1.29 is 13.2 Å². The first kappa shape index (κ1) is 24.7. The van der Waals surface area contributed by atoms with Crippen LogP contribution in [0.5, 0.6) is 0 Å². The highest BCUT2D eigenvalue weighted by Crippen LogP contribution is 2.43. The Labute approximate surface area is 213 Å². The summed E-state index contributed by atoms with van der Waals surface area (Å²) in [6.07, 6.45) is -1.41. The molecule has 0 saturated heterocycles. The second kappa shape index (κ2) is 9.67. The van der Waals surface area contributed by atoms with Crippen LogP contribution in [0.2, 0.25) is 20.1 Å². The van der Waals surface area contributed by atoms with E-state index in [1.807, 2.05) is 0 Å². The molecule has 0 saturated carbocycles. The van der Waals surface area contributed by atoms with E-state index in [-0.39, 0.29) is 27.6 Å². The predicted molar refractivity (Wildman–Crippen MR) is 132 cm³/mol. The van der Waals surface area contributed by atoms with Crippen molar-refractivity contribution in [3.05, 3.63) is 114 Å². The minimum atomic E-state index is -4.44. The van der Waals surface area contributed by atoms with Crippen LogP contribution in [0.15, 0.2) is 77.9 Å². The monoisotopic (exact) mass is 541 g/mol. The van der Waals surface area contributed by atoms with Crippen LogP contribution in [0.4, 0.5) is 13.2 Å². The largest absolute Gasteiger partial charge is 0.416 e. The maximum Gasteiger partial charge on any atom is 0.416 e. The molecule has 4 aromatic rings. The first-order chi connectivity index (χ1) is 16.1. The van der Waals surface area contributed by atoms with Crippen molar-refractivity contribution in [2.75, 3.05) is 0 Å². The number of aromatic nitrogens is 1. The lowest BCUT2D eigenvalue weighted by Crippen LogP contribution is -2.11. The molecule has 0 radical (unpaired) electrons. The fraction of sp³-hybridized carbons (Fsp3) is 0.0800. The van der Waals surface area contributed by atoms with Crippen LogP contribution in [-0.2, 0) is 12.7 Å². The van der Waals surface area contributed by atoms with E-state index in [0.717, 1.165) is 12.1 Å². The van der Waals surface area contributed by atoms with E-state index < -0.39 is 11.7 Å². The van der Waals surface area contributed by atoms with Crippen LogP contribution >= 0.6 is 46.4 Å². The Bertz CT molecular complexity index is 1450. The van der Waals surface area contributed by atoms with Gasteiger partial charge < -0.3 is 4.57 Å². The summed E-state index contributed by atoms with van der Waals surface area (Å²) in [4.78, 5) is 12.6. The van der Waals surface area contributed by atoms with E-state index in [9.17, 15) is 18.0 Å². The number of hydrogen-bond acceptors (Lipinski definition) is 1. The topological polar surface area (TPSA) is 22.0 Å². The highest BCUT2D eigenvalue weighted by atomic mass is 35.5. The van der Waals surface area contributed by atoms with Crippen molar-refractivity contribution in [2.45, 2.75) is 12.7 Å². The Balaban J connectivity index is 1.73. The van der Waals surface area contributed by atoms with Gasteiger partial charge in [0.05, 0.1) is 25.7 Å². The summed E-state index contributed by atoms with van der Waals surface area (Å²) < 4.78 is 40.7. The molecule has 2 nitrogen and oxygen atoms in total. The van der Waals surface area contributed by atoms with Crippen LogP contribution < -0.4 is 5.43 Å². The molecule has 0 unspecified atom stereocenters. The molecule has 0 aliphatic rings. The number of benzene rings is 3. The van der Waals surface area contributed by atoms with Crippen molar-refractivity contribution in [2.24, 2.45) is 0 Å². The number of halogens is 7. The smallest absolute Gasteiger partial charge is 0.349 e. The average molecular weight is 543 g/mol. The Hall–Kier alpha value is -2.44. The summed E-state index contributed by atoms with van der Waals surface area (Å²) >= 11 is 25.5. The van der Waals surface area contributed by atoms with Crippen LogP contribution in [0.1, 0.15) is 11.1 Å². The SMILES string of the molecule is O=c1ccn(Cc2cccc(C(F)(F)F)c2)cc1-c1ccc(-c2cccc(Cl)c2Cl)c(Cl)c1Cl. The van der Waals surface area contributed by atoms with Gasteiger partial charge in [-0.15, -0.1) is 0 Å². The third-order valence-electron chi connectivity index (χ3n) is 5.21. The second-order valence-electron chi connectivity index (χ2n) is 7.48. The lowest BCUT2D eigenvalue weighted by atomic mass is 10.0. The quantitative estimate of drug-likeness (QED) is 0.252. The Morgan fingerprint density at radius 2 is 1.35 bits per heavy atom. The highest BCUT2D eigenvalue weighted by Gasteiger charge is 2.30. The molecule has 174 valence electrons. The van der Waals surface area contributed by atoms with Gasteiger partial charge in [-0.3, -0.25) is 4.79 Å². The van der Waals surface area contributed by atoms with Gasteiger partial charge in [-0.1, -0.05) is 82.8 Å². The Morgan fingerprint density at radius 3 is 2.03 bits per heavy atom. The molecule has 1 heterocycles. The van der Waals surface area contributed by atoms with Gasteiger partial charge in [0.15, 0.2) is 5.43 Å². The molecule has 34 heavy (non-hydrogen) atoms. The molecule has 0 aliphatic heterocycles. The minimum absolute atomic E-state index is 0.124. The number of hydrogen-bond donors (Lipinski definition) is 0. The van der Waals surface area contributed by atoms with E-state index in [4.69, 9.17) is 46.4 Å². The van der Waals surface area contributed by atoms with Crippen LogP contribution in [0.3, 0.4) is 0 Å². The summed E-state index contributed by atoms with van der Waals surface area (Å²) in [5.41, 5.74) is 1.15. The number of alkyl halides is 3. The number of rotatable bonds is 4. The molecule has 0 atom stereocenters. The fourth-order valence-corrected chi connectivity index (χ4v) is 4.50. The van der Waals surface area contributed by atoms with Crippen LogP contribution in [0, 0.1) is 0 Å². The highest BCUT2D eigenvalue weighted by molar-refractivity contribution is 6.47. The van der Waals surface area contributed by atoms with E-state index in [2.05, 4.69) is 0 Å². The second-order valence-corrected chi connectivity index (χ2v) is 9.02. The zero-order valence-electron chi connectivity index (χ0n) is 17.1. The maximum absolute atomic E-state index is 13.0. The van der Waals surface area contributed by atoms with Crippen molar-refractivity contribution >= 4 is 46.4 Å². The predicted octanol–water partition coefficient (Wildman–Crippen LogP) is 8.86. The summed E-state index contributed by atoms with van der Waals surface area (Å²) in [7, 11) is 0. The third kappa shape index (κ3) is 4.98. The van der Waals surface area contributed by atoms with Gasteiger partial charge in [-0.05, 0) is 23.8 Å². The van der Waals surface area contributed by atoms with E-state index in [0.29, 0.717) is 32.3 Å². The molecule has 9 heteroatoms. The first-order valence-corrected chi connectivity index (χ1v) is 11.4. The average Bonchev–Trinajstić information content (AvgIpc) is 2.79. The lowest BCUT2D eigenvalue weighted by molar-refractivity contribution is -0.137. The molecule has 4 rings (SSSR count). The molecule has 0 fully saturated rings. The third-order valence-corrected chi connectivity index (χ3v) is 6.91. The van der Waals surface area contributed by atoms with Gasteiger partial charge in [0, 0.05) is 47.3 Å². The first-order valence-electron chi connectivity index (χ1n) is 9.85. The Kier molecular flexibility index (Phi) is 7.02. The van der Waals surface area contributed by atoms with E-state index in [1.54, 1.807) is 41.0 Å². The standard InChI is InChI=1S/C25H14Cl4F3NO/c26-20-6-2-5-16(22(20)27)17-7-8-18(24(29)23(17)28)19-13-33(10-9-21(19)34)12-14-3-1-4-15(11-14)25(30,31)32/h1-11,13H,12H2. The molecule has 0 bridgehead atoms. The van der Waals surface area contributed by atoms with Gasteiger partial charge in [0.25, 0.3) is 0 Å². The molecule has 0 aliphatic carbocycles. The zero-order valence-corrected chi connectivity index (χ0v) is 20.2. The molecule has 0 spiro atoms. The molecule has 1 aromatic heterocycles. The van der Waals surface area contributed by atoms with Gasteiger partial charge in [0.1, 0.15) is 0 Å². The normalized spacial score (nSPS) is 11.6. The molecule has 3 aromatic carbocycles. The van der Waals surface area contributed by atoms with E-state index >= 15 is 0 Å².